The van der Waals surface area contributed by atoms with Crippen molar-refractivity contribution in [3.8, 4) is 22.7 Å². The average Bonchev–Trinajstić information content (AvgIpc) is 3.06. The number of nitrogens with two attached hydrogens (primary N) is 1. The fraction of sp³-hybridized carbons (Fsp3) is 0.0526. The maximum Gasteiger partial charge on any atom is 0.123 e. The van der Waals surface area contributed by atoms with E-state index >= 15 is 0 Å². The molecule has 0 fully saturated rings. The lowest BCUT2D eigenvalue weighted by molar-refractivity contribution is 0.481. The number of hydrogen-bond acceptors (Lipinski definition) is 4. The number of aromatic hydroxyl groups is 1. The van der Waals surface area contributed by atoms with Gasteiger partial charge in [-0.1, -0.05) is 59.8 Å². The van der Waals surface area contributed by atoms with Crippen LogP contribution in [0.2, 0.25) is 0 Å². The van der Waals surface area contributed by atoms with Gasteiger partial charge in [-0.2, -0.15) is 0 Å². The van der Waals surface area contributed by atoms with Gasteiger partial charge in [-0.3, -0.25) is 0 Å². The van der Waals surface area contributed by atoms with Gasteiger partial charge < -0.3 is 10.8 Å². The summed E-state index contributed by atoms with van der Waals surface area (Å²) in [6, 6.07) is 21.1. The van der Waals surface area contributed by atoms with Gasteiger partial charge >= 0.3 is 0 Å². The summed E-state index contributed by atoms with van der Waals surface area (Å²) in [7, 11) is 0. The van der Waals surface area contributed by atoms with Crippen LogP contribution in [0.5, 0.6) is 5.75 Å². The molecule has 0 amide bonds. The smallest absolute Gasteiger partial charge is 0.123 e. The molecule has 0 atom stereocenters. The van der Waals surface area contributed by atoms with E-state index in [1.165, 1.54) is 0 Å². The zero-order valence-corrected chi connectivity index (χ0v) is 12.9. The molecular formula is C19H16N4O. The molecule has 0 spiro atoms. The average molecular weight is 316 g/mol. The van der Waals surface area contributed by atoms with E-state index in [9.17, 15) is 5.11 Å². The van der Waals surface area contributed by atoms with E-state index in [4.69, 9.17) is 5.73 Å². The normalized spacial score (nSPS) is 11.0. The van der Waals surface area contributed by atoms with Gasteiger partial charge in [0.1, 0.15) is 11.4 Å². The first-order valence-electron chi connectivity index (χ1n) is 7.70. The second-order valence-corrected chi connectivity index (χ2v) is 5.52. The topological polar surface area (TPSA) is 77.0 Å². The Morgan fingerprint density at radius 3 is 2.42 bits per heavy atom. The van der Waals surface area contributed by atoms with Gasteiger partial charge in [0.25, 0.3) is 0 Å². The van der Waals surface area contributed by atoms with Gasteiger partial charge in [-0.05, 0) is 12.1 Å². The molecule has 24 heavy (non-hydrogen) atoms. The first-order valence-corrected chi connectivity index (χ1v) is 7.70. The van der Waals surface area contributed by atoms with Crippen molar-refractivity contribution in [3.05, 3.63) is 72.4 Å². The number of rotatable bonds is 3. The minimum absolute atomic E-state index is 0.245. The molecular weight excluding hydrogens is 300 g/mol. The molecule has 4 rings (SSSR count). The van der Waals surface area contributed by atoms with Crippen LogP contribution in [0.4, 0.5) is 0 Å². The highest BCUT2D eigenvalue weighted by molar-refractivity contribution is 5.94. The summed E-state index contributed by atoms with van der Waals surface area (Å²) < 4.78 is 1.79. The molecule has 0 aliphatic heterocycles. The Hall–Kier alpha value is -3.18. The predicted octanol–water partition coefficient (Wildman–Crippen LogP) is 3.25. The van der Waals surface area contributed by atoms with Gasteiger partial charge in [0.05, 0.1) is 11.4 Å². The van der Waals surface area contributed by atoms with Crippen molar-refractivity contribution in [1.82, 2.24) is 15.0 Å². The van der Waals surface area contributed by atoms with Crippen LogP contribution in [0.15, 0.2) is 66.7 Å². The van der Waals surface area contributed by atoms with Crippen molar-refractivity contribution < 1.29 is 5.11 Å². The molecule has 0 radical (unpaired) electrons. The van der Waals surface area contributed by atoms with E-state index < -0.39 is 0 Å². The number of phenolic OH excluding ortho intramolecular Hbond substituents is 1. The molecule has 3 N–H and O–H groups in total. The summed E-state index contributed by atoms with van der Waals surface area (Å²) >= 11 is 0. The zero-order chi connectivity index (χ0) is 16.5. The van der Waals surface area contributed by atoms with E-state index in [1.807, 2.05) is 60.7 Å². The number of nitrogens with zero attached hydrogens (tertiary/aromatic N) is 3. The van der Waals surface area contributed by atoms with Crippen molar-refractivity contribution in [1.29, 1.82) is 0 Å². The van der Waals surface area contributed by atoms with Crippen LogP contribution in [-0.4, -0.2) is 20.1 Å². The van der Waals surface area contributed by atoms with Crippen LogP contribution in [0.3, 0.4) is 0 Å². The van der Waals surface area contributed by atoms with E-state index in [0.29, 0.717) is 6.54 Å². The molecule has 1 heterocycles. The Morgan fingerprint density at radius 2 is 1.62 bits per heavy atom. The van der Waals surface area contributed by atoms with E-state index in [0.717, 1.165) is 33.4 Å². The Kier molecular flexibility index (Phi) is 3.48. The monoisotopic (exact) mass is 316 g/mol. The van der Waals surface area contributed by atoms with E-state index in [2.05, 4.69) is 10.3 Å². The Labute approximate surface area is 139 Å². The molecule has 3 aromatic carbocycles. The first kappa shape index (κ1) is 14.4. The standard InChI is InChI=1S/C19H16N4O/c20-12-16-19(13-6-2-1-3-7-13)23(22-21-16)17-10-4-9-15-14(17)8-5-11-18(15)24/h1-11,24H,12,20H2. The van der Waals surface area contributed by atoms with E-state index in [1.54, 1.807) is 10.7 Å². The lowest BCUT2D eigenvalue weighted by Gasteiger charge is -2.11. The largest absolute Gasteiger partial charge is 0.507 e. The number of phenols is 1. The fourth-order valence-electron chi connectivity index (χ4n) is 2.97. The Balaban J connectivity index is 2.03. The van der Waals surface area contributed by atoms with Gasteiger partial charge in [0, 0.05) is 22.9 Å². The Morgan fingerprint density at radius 1 is 0.875 bits per heavy atom. The molecule has 1 aromatic heterocycles. The van der Waals surface area contributed by atoms with Crippen molar-refractivity contribution >= 4 is 10.8 Å². The second kappa shape index (κ2) is 5.79. The third-order valence-electron chi connectivity index (χ3n) is 4.08. The van der Waals surface area contributed by atoms with Crippen LogP contribution in [0.25, 0.3) is 27.7 Å². The highest BCUT2D eigenvalue weighted by Gasteiger charge is 2.17. The highest BCUT2D eigenvalue weighted by atomic mass is 16.3. The van der Waals surface area contributed by atoms with Crippen molar-refractivity contribution in [2.75, 3.05) is 0 Å². The quantitative estimate of drug-likeness (QED) is 0.608. The maximum atomic E-state index is 10.1. The third kappa shape index (κ3) is 2.23. The fourth-order valence-corrected chi connectivity index (χ4v) is 2.97. The van der Waals surface area contributed by atoms with Gasteiger partial charge in [0.2, 0.25) is 0 Å². The van der Waals surface area contributed by atoms with Crippen LogP contribution < -0.4 is 5.73 Å². The summed E-state index contributed by atoms with van der Waals surface area (Å²) in [6.45, 7) is 0.306. The predicted molar refractivity (Wildman–Crippen MR) is 93.9 cm³/mol. The summed E-state index contributed by atoms with van der Waals surface area (Å²) in [5, 5.41) is 20.4. The third-order valence-corrected chi connectivity index (χ3v) is 4.08. The number of benzene rings is 3. The van der Waals surface area contributed by atoms with Gasteiger partial charge in [0.15, 0.2) is 0 Å². The molecule has 0 unspecified atom stereocenters. The lowest BCUT2D eigenvalue weighted by Crippen LogP contribution is -2.03. The van der Waals surface area contributed by atoms with Gasteiger partial charge in [-0.15, -0.1) is 5.10 Å². The highest BCUT2D eigenvalue weighted by Crippen LogP contribution is 2.32. The molecule has 0 saturated carbocycles. The van der Waals surface area contributed by atoms with E-state index in [-0.39, 0.29) is 5.75 Å². The van der Waals surface area contributed by atoms with Crippen molar-refractivity contribution in [2.45, 2.75) is 6.54 Å². The van der Waals surface area contributed by atoms with Crippen molar-refractivity contribution in [2.24, 2.45) is 5.73 Å². The summed E-state index contributed by atoms with van der Waals surface area (Å²) in [4.78, 5) is 0. The molecule has 0 aliphatic rings. The second-order valence-electron chi connectivity index (χ2n) is 5.52. The van der Waals surface area contributed by atoms with Crippen LogP contribution in [-0.2, 0) is 6.54 Å². The minimum atomic E-state index is 0.245. The molecule has 118 valence electrons. The molecule has 0 aliphatic carbocycles. The Bertz CT molecular complexity index is 1010. The summed E-state index contributed by atoms with van der Waals surface area (Å²) in [5.74, 6) is 0.245. The van der Waals surface area contributed by atoms with Crippen LogP contribution >= 0.6 is 0 Å². The van der Waals surface area contributed by atoms with Crippen LogP contribution in [0.1, 0.15) is 5.69 Å². The molecule has 0 bridgehead atoms. The zero-order valence-electron chi connectivity index (χ0n) is 12.9. The molecule has 5 heteroatoms. The maximum absolute atomic E-state index is 10.1. The van der Waals surface area contributed by atoms with Gasteiger partial charge in [-0.25, -0.2) is 4.68 Å². The summed E-state index contributed by atoms with van der Waals surface area (Å²) in [6.07, 6.45) is 0. The number of aromatic nitrogens is 3. The van der Waals surface area contributed by atoms with Crippen LogP contribution in [0, 0.1) is 0 Å². The SMILES string of the molecule is NCc1nnn(-c2cccc3c(O)cccc23)c1-c1ccccc1. The summed E-state index contributed by atoms with van der Waals surface area (Å²) in [5.41, 5.74) is 9.32. The van der Waals surface area contributed by atoms with Crippen molar-refractivity contribution in [3.63, 3.8) is 0 Å². The molecule has 0 saturated heterocycles. The first-order chi connectivity index (χ1) is 11.8. The lowest BCUT2D eigenvalue weighted by atomic mass is 10.1. The number of hydrogen-bond donors (Lipinski definition) is 2. The minimum Gasteiger partial charge on any atom is -0.507 e. The molecule has 4 aromatic rings. The molecule has 5 nitrogen and oxygen atoms in total. The number of fused-ring (bicyclic) bond motifs is 1.